The van der Waals surface area contributed by atoms with Crippen LogP contribution in [0.3, 0.4) is 0 Å². The van der Waals surface area contributed by atoms with Gasteiger partial charge in [0.1, 0.15) is 38.9 Å². The molecule has 0 bridgehead atoms. The minimum Gasteiger partial charge on any atom is -0.460 e. The van der Waals surface area contributed by atoms with Gasteiger partial charge in [-0.15, -0.1) is 102 Å². The third kappa shape index (κ3) is 20.2. The van der Waals surface area contributed by atoms with Crippen molar-refractivity contribution in [2.75, 3.05) is 0 Å². The summed E-state index contributed by atoms with van der Waals surface area (Å²) in [4.78, 5) is -0.510. The third-order valence-corrected chi connectivity index (χ3v) is 17.6. The number of halogens is 7. The normalized spacial score (nSPS) is 10.0. The first kappa shape index (κ1) is 69.2. The van der Waals surface area contributed by atoms with Crippen LogP contribution in [-0.4, -0.2) is 0 Å². The van der Waals surface area contributed by atoms with E-state index in [4.69, 9.17) is 13.3 Å². The summed E-state index contributed by atoms with van der Waals surface area (Å²) in [6.07, 6.45) is -3.20. The van der Waals surface area contributed by atoms with E-state index >= 15 is 0 Å². The summed E-state index contributed by atoms with van der Waals surface area (Å²) in [6, 6.07) is 16.9. The molecule has 75 heavy (non-hydrogen) atoms. The number of thiophene rings is 9. The molecule has 414 valence electrons. The molecule has 12 aromatic rings. The van der Waals surface area contributed by atoms with Crippen molar-refractivity contribution in [2.24, 2.45) is 0 Å². The summed E-state index contributed by atoms with van der Waals surface area (Å²) in [5.74, 6) is 2.28. The molecule has 0 N–H and O–H groups in total. The van der Waals surface area contributed by atoms with Crippen LogP contribution in [0.4, 0.5) is 30.7 Å². The molecule has 12 aromatic heterocycles. The topological polar surface area (TPSA) is 39.4 Å². The Morgan fingerprint density at radius 2 is 0.933 bits per heavy atom. The average molecular weight is 1210 g/mol. The molecule has 12 rings (SSSR count). The predicted octanol–water partition coefficient (Wildman–Crippen LogP) is 26.4. The van der Waals surface area contributed by atoms with Crippen molar-refractivity contribution >= 4 is 161 Å². The first-order chi connectivity index (χ1) is 36.1. The first-order valence-corrected chi connectivity index (χ1v) is 32.4. The van der Waals surface area contributed by atoms with Crippen molar-refractivity contribution in [2.45, 2.75) is 136 Å². The van der Waals surface area contributed by atoms with Gasteiger partial charge in [-0.3, -0.25) is 0 Å². The molecular formula is C56H69F7O3S9. The number of furan rings is 3. The second-order valence-corrected chi connectivity index (χ2v) is 22.1. The minimum atomic E-state index is -4.19. The van der Waals surface area contributed by atoms with E-state index in [1.54, 1.807) is 56.9 Å². The van der Waals surface area contributed by atoms with Crippen molar-refractivity contribution < 1.29 is 44.0 Å². The monoisotopic (exact) mass is 1210 g/mol. The van der Waals surface area contributed by atoms with E-state index < -0.39 is 32.9 Å². The number of hydrogen-bond donors (Lipinski definition) is 0. The summed E-state index contributed by atoms with van der Waals surface area (Å²) in [6.45, 7) is 34.2. The Kier molecular flexibility index (Phi) is 33.5. The van der Waals surface area contributed by atoms with Crippen LogP contribution in [0.15, 0.2) is 100 Å². The number of hydrogen-bond acceptors (Lipinski definition) is 12. The van der Waals surface area contributed by atoms with E-state index in [-0.39, 0.29) is 0 Å². The van der Waals surface area contributed by atoms with Gasteiger partial charge in [-0.05, 0) is 106 Å². The van der Waals surface area contributed by atoms with Crippen molar-refractivity contribution in [1.29, 1.82) is 0 Å². The maximum absolute atomic E-state index is 12.8. The van der Waals surface area contributed by atoms with Gasteiger partial charge >= 0.3 is 6.18 Å². The molecule has 0 aromatic carbocycles. The van der Waals surface area contributed by atoms with Gasteiger partial charge in [-0.1, -0.05) is 104 Å². The molecule has 0 fully saturated rings. The lowest BCUT2D eigenvalue weighted by Gasteiger charge is -1.99. The molecule has 0 radical (unpaired) electrons. The molecule has 0 atom stereocenters. The lowest BCUT2D eigenvalue weighted by molar-refractivity contribution is -0.134. The molecule has 0 aliphatic rings. The van der Waals surface area contributed by atoms with Crippen LogP contribution in [0.25, 0.3) is 59.0 Å². The third-order valence-electron chi connectivity index (χ3n) is 8.63. The summed E-state index contributed by atoms with van der Waals surface area (Å²) in [7, 11) is 0. The van der Waals surface area contributed by atoms with Crippen LogP contribution in [-0.2, 0) is 12.6 Å². The molecule has 19 heteroatoms. The lowest BCUT2D eigenvalue weighted by atomic mass is 10.2. The van der Waals surface area contributed by atoms with E-state index in [0.717, 1.165) is 84.7 Å². The predicted molar refractivity (Wildman–Crippen MR) is 327 cm³/mol. The molecule has 0 saturated carbocycles. The van der Waals surface area contributed by atoms with Crippen molar-refractivity contribution in [3.63, 3.8) is 0 Å². The first-order valence-electron chi connectivity index (χ1n) is 24.6. The summed E-state index contributed by atoms with van der Waals surface area (Å²) >= 11 is 11.5. The highest BCUT2D eigenvalue weighted by atomic mass is 32.1. The van der Waals surface area contributed by atoms with Gasteiger partial charge in [-0.2, -0.15) is 22.0 Å². The van der Waals surface area contributed by atoms with Crippen LogP contribution in [0.5, 0.6) is 0 Å². The minimum absolute atomic E-state index is 0.433. The van der Waals surface area contributed by atoms with Gasteiger partial charge in [0.05, 0.1) is 32.9 Å². The van der Waals surface area contributed by atoms with Crippen molar-refractivity contribution in [1.82, 2.24) is 0 Å². The summed E-state index contributed by atoms with van der Waals surface area (Å²) < 4.78 is 111. The molecule has 0 unspecified atom stereocenters. The zero-order valence-electron chi connectivity index (χ0n) is 45.5. The molecule has 0 aliphatic heterocycles. The van der Waals surface area contributed by atoms with Crippen LogP contribution in [0, 0.1) is 35.7 Å². The average Bonchev–Trinajstić information content (AvgIpc) is 4.24. The van der Waals surface area contributed by atoms with E-state index in [0.29, 0.717) is 29.4 Å². The SMILES string of the molecule is CC.CC.CC.CC.CC.CC.CC(C)c1cc2sccc2o1.CCc1cc2sccc2o1.Cc1cc2sccc2o1.Cc1csc2c(F)c(F)sc12.FC(F)(F)c1cc2sccc2s1.Fc1sc2ccsc2c1F. The smallest absolute Gasteiger partial charge is 0.425 e. The van der Waals surface area contributed by atoms with Gasteiger partial charge in [0, 0.05) is 21.7 Å². The largest absolute Gasteiger partial charge is 0.460 e. The fourth-order valence-electron chi connectivity index (χ4n) is 5.55. The second-order valence-electron chi connectivity index (χ2n) is 13.5. The summed E-state index contributed by atoms with van der Waals surface area (Å²) in [5.41, 5.74) is 4.02. The molecule has 0 saturated heterocycles. The van der Waals surface area contributed by atoms with Gasteiger partial charge in [0.2, 0.25) is 10.3 Å². The quantitative estimate of drug-likeness (QED) is 0.162. The van der Waals surface area contributed by atoms with E-state index in [1.807, 2.05) is 131 Å². The van der Waals surface area contributed by atoms with Gasteiger partial charge in [0.15, 0.2) is 11.6 Å². The van der Waals surface area contributed by atoms with E-state index in [9.17, 15) is 30.7 Å². The Balaban J connectivity index is 0.000000433. The molecule has 0 amide bonds. The molecule has 3 nitrogen and oxygen atoms in total. The van der Waals surface area contributed by atoms with Crippen LogP contribution >= 0.6 is 102 Å². The van der Waals surface area contributed by atoms with Crippen molar-refractivity contribution in [3.8, 4) is 0 Å². The van der Waals surface area contributed by atoms with E-state index in [2.05, 4.69) is 44.4 Å². The van der Waals surface area contributed by atoms with Crippen molar-refractivity contribution in [3.05, 3.63) is 136 Å². The molecule has 12 heterocycles. The number of alkyl halides is 3. The highest BCUT2D eigenvalue weighted by Gasteiger charge is 2.32. The zero-order chi connectivity index (χ0) is 57.0. The zero-order valence-corrected chi connectivity index (χ0v) is 52.8. The molecular weight excluding hydrogens is 1140 g/mol. The van der Waals surface area contributed by atoms with E-state index in [1.165, 1.54) is 54.2 Å². The molecule has 0 spiro atoms. The maximum Gasteiger partial charge on any atom is 0.425 e. The fraction of sp³-hybridized carbons (Fsp3) is 0.357. The Morgan fingerprint density at radius 1 is 0.467 bits per heavy atom. The molecule has 0 aliphatic carbocycles. The summed E-state index contributed by atoms with van der Waals surface area (Å²) in [5, 5.41) is 10.1. The Labute approximate surface area is 473 Å². The number of rotatable bonds is 2. The second kappa shape index (κ2) is 36.3. The Morgan fingerprint density at radius 3 is 1.41 bits per heavy atom. The number of aryl methyl sites for hydroxylation is 3. The maximum atomic E-state index is 12.8. The van der Waals surface area contributed by atoms with Crippen LogP contribution < -0.4 is 0 Å². The highest BCUT2D eigenvalue weighted by Crippen LogP contribution is 2.40. The highest BCUT2D eigenvalue weighted by molar-refractivity contribution is 7.27. The lowest BCUT2D eigenvalue weighted by Crippen LogP contribution is -2.00. The standard InChI is InChI=1S/C9H10OS.C8H8OS.C7H3F3S2.C7H4F2S2.C7H6OS.C6H2F2S2.6C2H6/c1-6(2)8-5-9-7(10-8)3-4-11-9;1-2-6-5-8-7(9-6)3-4-10-8;8-7(9,10)6-3-5-4(12-6)1-2-11-5;1-3-2-10-6-4(8)7(9)11-5(3)6;1-5-4-7-6(8-5)2-3-9-7;7-4-5-3(1-2-9-5)10-6(4)8;6*1-2/h3-6H,1-2H3;3-5H,2H2,1H3;1-3H;2H,1H3;2-4H,1H3;1-2H;6*1-2H3. The fourth-order valence-corrected chi connectivity index (χ4v) is 13.7. The Bertz CT molecular complexity index is 3200. The van der Waals surface area contributed by atoms with Gasteiger partial charge in [-0.25, -0.2) is 8.78 Å². The van der Waals surface area contributed by atoms with Gasteiger partial charge < -0.3 is 13.3 Å². The van der Waals surface area contributed by atoms with Crippen LogP contribution in [0.2, 0.25) is 0 Å². The van der Waals surface area contributed by atoms with Crippen LogP contribution in [0.1, 0.15) is 137 Å². The Hall–Kier alpha value is -3.79. The van der Waals surface area contributed by atoms with Gasteiger partial charge in [0.25, 0.3) is 0 Å². The number of fused-ring (bicyclic) bond motifs is 6.